The Morgan fingerprint density at radius 1 is 1.07 bits per heavy atom. The predicted molar refractivity (Wildman–Crippen MR) is 114 cm³/mol. The number of carbonyl (C=O) groups is 1. The highest BCUT2D eigenvalue weighted by Gasteiger charge is 2.35. The van der Waals surface area contributed by atoms with E-state index in [1.165, 1.54) is 0 Å². The van der Waals surface area contributed by atoms with Gasteiger partial charge in [0.15, 0.2) is 0 Å². The van der Waals surface area contributed by atoms with E-state index in [1.807, 2.05) is 44.2 Å². The first kappa shape index (κ1) is 18.9. The minimum absolute atomic E-state index is 0.0953. The molecular weight excluding hydrogens is 393 g/mol. The minimum atomic E-state index is -0.0953. The highest BCUT2D eigenvalue weighted by Crippen LogP contribution is 2.40. The average molecular weight is 412 g/mol. The van der Waals surface area contributed by atoms with Crippen molar-refractivity contribution in [3.8, 4) is 11.1 Å². The molecule has 3 aromatic rings. The Hall–Kier alpha value is -2.40. The van der Waals surface area contributed by atoms with Crippen LogP contribution in [0.4, 0.5) is 5.69 Å². The Labute approximate surface area is 173 Å². The fourth-order valence-corrected chi connectivity index (χ4v) is 4.18. The molecule has 1 aliphatic heterocycles. The molecule has 0 unspecified atom stereocenters. The fraction of sp³-hybridized carbons (Fsp3) is 0.182. The Morgan fingerprint density at radius 3 is 2.43 bits per heavy atom. The first-order valence-electron chi connectivity index (χ1n) is 8.97. The molecule has 0 saturated heterocycles. The summed E-state index contributed by atoms with van der Waals surface area (Å²) in [6.45, 7) is 4.61. The molecule has 6 heteroatoms. The van der Waals surface area contributed by atoms with Crippen LogP contribution in [0.5, 0.6) is 0 Å². The fourth-order valence-electron chi connectivity index (χ4n) is 3.68. The van der Waals surface area contributed by atoms with E-state index >= 15 is 0 Å². The minimum Gasteiger partial charge on any atom is -0.326 e. The summed E-state index contributed by atoms with van der Waals surface area (Å²) in [5.74, 6) is -0.0953. The Balaban J connectivity index is 1.93. The maximum absolute atomic E-state index is 13.4. The van der Waals surface area contributed by atoms with E-state index in [9.17, 15) is 4.79 Å². The van der Waals surface area contributed by atoms with Crippen LogP contribution >= 0.6 is 23.2 Å². The molecule has 0 radical (unpaired) electrons. The van der Waals surface area contributed by atoms with Crippen LogP contribution in [0.2, 0.25) is 10.0 Å². The summed E-state index contributed by atoms with van der Waals surface area (Å²) in [4.78, 5) is 19.8. The summed E-state index contributed by atoms with van der Waals surface area (Å²) >= 11 is 12.6. The molecule has 0 saturated carbocycles. The van der Waals surface area contributed by atoms with E-state index < -0.39 is 0 Å². The van der Waals surface area contributed by atoms with Gasteiger partial charge >= 0.3 is 0 Å². The zero-order valence-corrected chi connectivity index (χ0v) is 17.1. The molecule has 2 heterocycles. The molecule has 2 aromatic carbocycles. The van der Waals surface area contributed by atoms with E-state index in [-0.39, 0.29) is 12.5 Å². The first-order chi connectivity index (χ1) is 13.4. The van der Waals surface area contributed by atoms with E-state index in [2.05, 4.69) is 4.98 Å². The molecule has 4 nitrogen and oxygen atoms in total. The maximum atomic E-state index is 13.4. The molecule has 28 heavy (non-hydrogen) atoms. The van der Waals surface area contributed by atoms with Gasteiger partial charge in [-0.15, -0.1) is 0 Å². The number of rotatable bonds is 3. The number of aryl methyl sites for hydroxylation is 2. The van der Waals surface area contributed by atoms with Crippen LogP contribution in [-0.2, 0) is 13.1 Å². The number of amides is 1. The zero-order valence-electron chi connectivity index (χ0n) is 15.6. The van der Waals surface area contributed by atoms with Crippen molar-refractivity contribution in [3.05, 3.63) is 80.6 Å². The van der Waals surface area contributed by atoms with Gasteiger partial charge in [0.05, 0.1) is 17.8 Å². The van der Waals surface area contributed by atoms with Crippen LogP contribution in [0.1, 0.15) is 32.9 Å². The predicted octanol–water partition coefficient (Wildman–Crippen LogP) is 5.29. The average Bonchev–Trinajstić information content (AvgIpc) is 2.98. The summed E-state index contributed by atoms with van der Waals surface area (Å²) in [5.41, 5.74) is 12.4. The van der Waals surface area contributed by atoms with Crippen molar-refractivity contribution in [1.82, 2.24) is 4.98 Å². The lowest BCUT2D eigenvalue weighted by Crippen LogP contribution is -2.23. The number of nitrogens with zero attached hydrogens (tertiary/aromatic N) is 2. The van der Waals surface area contributed by atoms with Crippen LogP contribution in [0.3, 0.4) is 0 Å². The van der Waals surface area contributed by atoms with Crippen LogP contribution in [-0.4, -0.2) is 10.9 Å². The van der Waals surface area contributed by atoms with Gasteiger partial charge in [0.25, 0.3) is 5.91 Å². The van der Waals surface area contributed by atoms with Crippen molar-refractivity contribution in [2.24, 2.45) is 5.73 Å². The van der Waals surface area contributed by atoms with E-state index in [0.29, 0.717) is 22.2 Å². The largest absolute Gasteiger partial charge is 0.326 e. The van der Waals surface area contributed by atoms with Crippen LogP contribution < -0.4 is 10.6 Å². The van der Waals surface area contributed by atoms with Gasteiger partial charge in [-0.05, 0) is 43.7 Å². The molecule has 4 rings (SSSR count). The van der Waals surface area contributed by atoms with Gasteiger partial charge in [-0.25, -0.2) is 0 Å². The highest BCUT2D eigenvalue weighted by molar-refractivity contribution is 6.36. The van der Waals surface area contributed by atoms with E-state index in [4.69, 9.17) is 28.9 Å². The standard InChI is InChI=1S/C22H19Cl2N3O/c1-12-3-6-15(7-4-12)27-11-19-21(22(27)28)20(17(10-25)13(2)26-19)16-8-5-14(23)9-18(16)24/h3-9H,10-11,25H2,1-2H3. The second-order valence-corrected chi connectivity index (χ2v) is 7.77. The lowest BCUT2D eigenvalue weighted by molar-refractivity contribution is 0.0997. The van der Waals surface area contributed by atoms with Crippen molar-refractivity contribution >= 4 is 34.8 Å². The summed E-state index contributed by atoms with van der Waals surface area (Å²) in [7, 11) is 0. The van der Waals surface area contributed by atoms with Gasteiger partial charge in [-0.3, -0.25) is 9.78 Å². The molecule has 0 atom stereocenters. The summed E-state index contributed by atoms with van der Waals surface area (Å²) in [5, 5.41) is 1.02. The Bertz CT molecular complexity index is 1090. The zero-order chi connectivity index (χ0) is 20.0. The normalized spacial score (nSPS) is 13.2. The number of carbonyl (C=O) groups excluding carboxylic acids is 1. The smallest absolute Gasteiger partial charge is 0.261 e. The molecule has 0 spiro atoms. The number of benzene rings is 2. The molecular formula is C22H19Cl2N3O. The van der Waals surface area contributed by atoms with Crippen LogP contribution in [0, 0.1) is 13.8 Å². The molecule has 1 aliphatic rings. The number of aromatic nitrogens is 1. The number of hydrogen-bond donors (Lipinski definition) is 1. The van der Waals surface area contributed by atoms with Gasteiger partial charge < -0.3 is 10.6 Å². The molecule has 2 N–H and O–H groups in total. The lowest BCUT2D eigenvalue weighted by atomic mass is 9.93. The van der Waals surface area contributed by atoms with Gasteiger partial charge in [0, 0.05) is 39.1 Å². The summed E-state index contributed by atoms with van der Waals surface area (Å²) in [6.07, 6.45) is 0. The molecule has 0 bridgehead atoms. The Morgan fingerprint density at radius 2 is 1.79 bits per heavy atom. The molecule has 1 amide bonds. The number of nitrogens with two attached hydrogens (primary N) is 1. The molecule has 0 fully saturated rings. The van der Waals surface area contributed by atoms with E-state index in [0.717, 1.165) is 39.3 Å². The second-order valence-electron chi connectivity index (χ2n) is 6.93. The van der Waals surface area contributed by atoms with Crippen molar-refractivity contribution in [3.63, 3.8) is 0 Å². The number of anilines is 1. The maximum Gasteiger partial charge on any atom is 0.261 e. The second kappa shape index (κ2) is 7.21. The van der Waals surface area contributed by atoms with Crippen molar-refractivity contribution in [2.75, 3.05) is 4.90 Å². The third-order valence-electron chi connectivity index (χ3n) is 5.10. The SMILES string of the molecule is Cc1ccc(N2Cc3nc(C)c(CN)c(-c4ccc(Cl)cc4Cl)c3C2=O)cc1. The monoisotopic (exact) mass is 411 g/mol. The summed E-state index contributed by atoms with van der Waals surface area (Å²) in [6, 6.07) is 13.2. The molecule has 1 aromatic heterocycles. The van der Waals surface area contributed by atoms with Crippen LogP contribution in [0.25, 0.3) is 11.1 Å². The third-order valence-corrected chi connectivity index (χ3v) is 5.64. The lowest BCUT2D eigenvalue weighted by Gasteiger charge is -2.17. The van der Waals surface area contributed by atoms with Gasteiger partial charge in [0.1, 0.15) is 0 Å². The summed E-state index contributed by atoms with van der Waals surface area (Å²) < 4.78 is 0. The van der Waals surface area contributed by atoms with Gasteiger partial charge in [0.2, 0.25) is 0 Å². The van der Waals surface area contributed by atoms with E-state index in [1.54, 1.807) is 17.0 Å². The van der Waals surface area contributed by atoms with Gasteiger partial charge in [-0.2, -0.15) is 0 Å². The number of halogens is 2. The van der Waals surface area contributed by atoms with Gasteiger partial charge in [-0.1, -0.05) is 47.0 Å². The Kier molecular flexibility index (Phi) is 4.88. The molecule has 0 aliphatic carbocycles. The van der Waals surface area contributed by atoms with Crippen LogP contribution in [0.15, 0.2) is 42.5 Å². The molecule has 142 valence electrons. The van der Waals surface area contributed by atoms with Crippen molar-refractivity contribution in [2.45, 2.75) is 26.9 Å². The first-order valence-corrected chi connectivity index (χ1v) is 9.72. The number of hydrogen-bond acceptors (Lipinski definition) is 3. The topological polar surface area (TPSA) is 59.2 Å². The van der Waals surface area contributed by atoms with Crippen molar-refractivity contribution in [1.29, 1.82) is 0 Å². The number of pyridine rings is 1. The van der Waals surface area contributed by atoms with Crippen molar-refractivity contribution < 1.29 is 4.79 Å². The quantitative estimate of drug-likeness (QED) is 0.636. The number of fused-ring (bicyclic) bond motifs is 1. The third kappa shape index (κ3) is 3.08. The highest BCUT2D eigenvalue weighted by atomic mass is 35.5.